The standard InChI is InChI=1S/C14H27N3O2S/c1-13(2,3)10(8-14(4,5)20(15)18)12-11(19-7)9-17(6)16-12/h9-10H,8,15H2,1-7H3/t10-,20?/m0/s1. The molecule has 0 amide bonds. The van der Waals surface area contributed by atoms with E-state index in [1.807, 2.05) is 27.1 Å². The van der Waals surface area contributed by atoms with Crippen molar-refractivity contribution in [3.05, 3.63) is 11.9 Å². The highest BCUT2D eigenvalue weighted by atomic mass is 32.2. The molecule has 0 aliphatic heterocycles. The Balaban J connectivity index is 3.24. The summed E-state index contributed by atoms with van der Waals surface area (Å²) < 4.78 is 18.5. The van der Waals surface area contributed by atoms with E-state index in [4.69, 9.17) is 9.88 Å². The van der Waals surface area contributed by atoms with E-state index in [2.05, 4.69) is 25.9 Å². The molecule has 0 fully saturated rings. The van der Waals surface area contributed by atoms with Crippen molar-refractivity contribution >= 4 is 11.0 Å². The summed E-state index contributed by atoms with van der Waals surface area (Å²) in [6.07, 6.45) is 2.55. The summed E-state index contributed by atoms with van der Waals surface area (Å²) in [5, 5.41) is 10.2. The molecule has 1 unspecified atom stereocenters. The smallest absolute Gasteiger partial charge is 0.160 e. The van der Waals surface area contributed by atoms with Crippen LogP contribution in [0.2, 0.25) is 0 Å². The van der Waals surface area contributed by atoms with Crippen molar-refractivity contribution in [3.63, 3.8) is 0 Å². The van der Waals surface area contributed by atoms with E-state index < -0.39 is 15.7 Å². The van der Waals surface area contributed by atoms with Gasteiger partial charge in [-0.2, -0.15) is 5.10 Å². The quantitative estimate of drug-likeness (QED) is 0.907. The third kappa shape index (κ3) is 3.82. The number of hydrogen-bond acceptors (Lipinski definition) is 3. The second-order valence-corrected chi connectivity index (χ2v) is 8.64. The van der Waals surface area contributed by atoms with Crippen molar-refractivity contribution in [2.45, 2.75) is 51.7 Å². The normalized spacial score (nSPS) is 16.0. The van der Waals surface area contributed by atoms with Crippen molar-refractivity contribution in [1.29, 1.82) is 0 Å². The third-order valence-corrected chi connectivity index (χ3v) is 4.91. The highest BCUT2D eigenvalue weighted by Crippen LogP contribution is 2.44. The van der Waals surface area contributed by atoms with Gasteiger partial charge in [0.05, 0.1) is 29.0 Å². The van der Waals surface area contributed by atoms with Crippen molar-refractivity contribution < 1.29 is 8.95 Å². The summed E-state index contributed by atoms with van der Waals surface area (Å²) in [4.78, 5) is 0. The average Bonchev–Trinajstić information content (AvgIpc) is 2.65. The number of hydrogen-bond donors (Lipinski definition) is 1. The molecule has 0 bridgehead atoms. The lowest BCUT2D eigenvalue weighted by Crippen LogP contribution is -2.36. The van der Waals surface area contributed by atoms with Gasteiger partial charge in [-0.15, -0.1) is 0 Å². The molecule has 116 valence electrons. The zero-order chi connectivity index (χ0) is 15.7. The summed E-state index contributed by atoms with van der Waals surface area (Å²) in [5.41, 5.74) is 0.874. The van der Waals surface area contributed by atoms with Gasteiger partial charge in [0.15, 0.2) is 5.75 Å². The molecular formula is C14H27N3O2S. The zero-order valence-corrected chi connectivity index (χ0v) is 14.4. The molecule has 0 saturated heterocycles. The van der Waals surface area contributed by atoms with Gasteiger partial charge in [0.2, 0.25) is 0 Å². The molecule has 1 rings (SSSR count). The molecular weight excluding hydrogens is 274 g/mol. The van der Waals surface area contributed by atoms with E-state index >= 15 is 0 Å². The minimum absolute atomic E-state index is 0.0295. The molecule has 0 saturated carbocycles. The fraction of sp³-hybridized carbons (Fsp3) is 0.786. The van der Waals surface area contributed by atoms with Gasteiger partial charge in [-0.1, -0.05) is 20.8 Å². The molecule has 1 aromatic heterocycles. The van der Waals surface area contributed by atoms with Gasteiger partial charge < -0.3 is 4.74 Å². The van der Waals surface area contributed by atoms with E-state index in [1.165, 1.54) is 0 Å². The molecule has 20 heavy (non-hydrogen) atoms. The van der Waals surface area contributed by atoms with E-state index in [9.17, 15) is 4.21 Å². The van der Waals surface area contributed by atoms with E-state index in [0.29, 0.717) is 6.42 Å². The number of nitrogens with two attached hydrogens (primary N) is 1. The molecule has 1 aromatic rings. The second kappa shape index (κ2) is 5.85. The fourth-order valence-corrected chi connectivity index (χ4v) is 2.60. The molecule has 0 aromatic carbocycles. The van der Waals surface area contributed by atoms with Crippen LogP contribution >= 0.6 is 0 Å². The number of nitrogens with zero attached hydrogens (tertiary/aromatic N) is 2. The zero-order valence-electron chi connectivity index (χ0n) is 13.6. The Morgan fingerprint density at radius 1 is 1.40 bits per heavy atom. The maximum atomic E-state index is 11.8. The van der Waals surface area contributed by atoms with Crippen LogP contribution < -0.4 is 9.88 Å². The lowest BCUT2D eigenvalue weighted by molar-refractivity contribution is 0.273. The first-order valence-electron chi connectivity index (χ1n) is 6.73. The van der Waals surface area contributed by atoms with Crippen molar-refractivity contribution in [2.75, 3.05) is 7.11 Å². The monoisotopic (exact) mass is 301 g/mol. The van der Waals surface area contributed by atoms with Crippen LogP contribution in [0.25, 0.3) is 0 Å². The first-order chi connectivity index (χ1) is 8.99. The Hall–Kier alpha value is -0.880. The number of rotatable bonds is 5. The number of aromatic nitrogens is 2. The van der Waals surface area contributed by atoms with Crippen LogP contribution in [0, 0.1) is 5.41 Å². The van der Waals surface area contributed by atoms with Gasteiger partial charge in [-0.25, -0.2) is 4.21 Å². The highest BCUT2D eigenvalue weighted by molar-refractivity contribution is 7.84. The summed E-state index contributed by atoms with van der Waals surface area (Å²) in [5.74, 6) is 0.882. The number of ether oxygens (including phenoxy) is 1. The molecule has 5 nitrogen and oxygen atoms in total. The average molecular weight is 301 g/mol. The predicted molar refractivity (Wildman–Crippen MR) is 83.0 cm³/mol. The molecule has 0 aliphatic carbocycles. The van der Waals surface area contributed by atoms with Crippen LogP contribution in [0.3, 0.4) is 0 Å². The van der Waals surface area contributed by atoms with Crippen LogP contribution in [0.4, 0.5) is 0 Å². The van der Waals surface area contributed by atoms with E-state index in [-0.39, 0.29) is 11.3 Å². The van der Waals surface area contributed by atoms with Crippen LogP contribution in [0.15, 0.2) is 6.20 Å². The van der Waals surface area contributed by atoms with Crippen LogP contribution in [0.5, 0.6) is 5.75 Å². The molecule has 2 atom stereocenters. The number of aryl methyl sites for hydroxylation is 1. The highest BCUT2D eigenvalue weighted by Gasteiger charge is 2.37. The summed E-state index contributed by atoms with van der Waals surface area (Å²) in [7, 11) is 2.14. The van der Waals surface area contributed by atoms with Gasteiger partial charge in [0.25, 0.3) is 0 Å². The molecule has 1 heterocycles. The van der Waals surface area contributed by atoms with Crippen molar-refractivity contribution in [3.8, 4) is 5.75 Å². The molecule has 0 spiro atoms. The molecule has 0 aliphatic rings. The number of methoxy groups -OCH3 is 1. The largest absolute Gasteiger partial charge is 0.493 e. The fourth-order valence-electron chi connectivity index (χ4n) is 2.27. The second-order valence-electron chi connectivity index (χ2n) is 6.94. The summed E-state index contributed by atoms with van der Waals surface area (Å²) >= 11 is 0. The minimum Gasteiger partial charge on any atom is -0.493 e. The lowest BCUT2D eigenvalue weighted by Gasteiger charge is -2.35. The maximum Gasteiger partial charge on any atom is 0.160 e. The van der Waals surface area contributed by atoms with Crippen LogP contribution in [-0.2, 0) is 18.0 Å². The first-order valence-corrected chi connectivity index (χ1v) is 7.94. The SMILES string of the molecule is COc1cn(C)nc1[C@H](CC(C)(C)S(N)=O)C(C)(C)C. The van der Waals surface area contributed by atoms with E-state index in [1.54, 1.807) is 11.8 Å². The predicted octanol–water partition coefficient (Wildman–Crippen LogP) is 2.35. The molecule has 2 N–H and O–H groups in total. The first kappa shape index (κ1) is 17.2. The van der Waals surface area contributed by atoms with E-state index in [0.717, 1.165) is 11.4 Å². The minimum atomic E-state index is -1.38. The lowest BCUT2D eigenvalue weighted by atomic mass is 9.74. The Morgan fingerprint density at radius 3 is 2.35 bits per heavy atom. The Morgan fingerprint density at radius 2 is 1.95 bits per heavy atom. The maximum absolute atomic E-state index is 11.8. The van der Waals surface area contributed by atoms with Crippen molar-refractivity contribution in [2.24, 2.45) is 17.6 Å². The Kier molecular flexibility index (Phi) is 5.03. The van der Waals surface area contributed by atoms with Crippen LogP contribution in [0.1, 0.15) is 52.7 Å². The van der Waals surface area contributed by atoms with Gasteiger partial charge >= 0.3 is 0 Å². The van der Waals surface area contributed by atoms with Crippen molar-refractivity contribution in [1.82, 2.24) is 9.78 Å². The Bertz CT molecular complexity index is 489. The van der Waals surface area contributed by atoms with Gasteiger partial charge in [-0.05, 0) is 25.7 Å². The van der Waals surface area contributed by atoms with Gasteiger partial charge in [-0.3, -0.25) is 9.82 Å². The summed E-state index contributed by atoms with van der Waals surface area (Å²) in [6.45, 7) is 10.3. The van der Waals surface area contributed by atoms with Gasteiger partial charge in [0, 0.05) is 13.0 Å². The third-order valence-electron chi connectivity index (χ3n) is 3.66. The van der Waals surface area contributed by atoms with Gasteiger partial charge in [0.1, 0.15) is 5.69 Å². The molecule has 0 radical (unpaired) electrons. The summed E-state index contributed by atoms with van der Waals surface area (Å²) in [6, 6.07) is 0. The topological polar surface area (TPSA) is 70.1 Å². The van der Waals surface area contributed by atoms with Crippen LogP contribution in [-0.4, -0.2) is 25.8 Å². The Labute approximate surface area is 124 Å². The molecule has 6 heteroatoms.